The van der Waals surface area contributed by atoms with E-state index in [1.165, 1.54) is 12.4 Å². The Morgan fingerprint density at radius 1 is 1.18 bits per heavy atom. The summed E-state index contributed by atoms with van der Waals surface area (Å²) in [6, 6.07) is 0. The van der Waals surface area contributed by atoms with Crippen molar-refractivity contribution >= 4 is 28.7 Å². The molecule has 8 heteroatoms. The van der Waals surface area contributed by atoms with Gasteiger partial charge in [-0.3, -0.25) is 4.99 Å². The number of carboxylic acid groups (broad SMARTS) is 1. The molecule has 7 nitrogen and oxygen atoms in total. The molecule has 0 aromatic carbocycles. The maximum atomic E-state index is 10.8. The van der Waals surface area contributed by atoms with Gasteiger partial charge in [-0.05, 0) is 13.8 Å². The van der Waals surface area contributed by atoms with Crippen molar-refractivity contribution < 1.29 is 9.90 Å². The van der Waals surface area contributed by atoms with Gasteiger partial charge in [0.05, 0.1) is 18.9 Å². The number of carboxylic acids is 1. The van der Waals surface area contributed by atoms with Crippen LogP contribution in [-0.4, -0.2) is 68.6 Å². The topological polar surface area (TPSA) is 81.9 Å². The Kier molecular flexibility index (Phi) is 3.94. The monoisotopic (exact) mass is 321 g/mol. The van der Waals surface area contributed by atoms with Gasteiger partial charge in [0.2, 0.25) is 0 Å². The molecule has 3 heterocycles. The lowest BCUT2D eigenvalue weighted by Gasteiger charge is -2.36. The largest absolute Gasteiger partial charge is 0.476 e. The van der Waals surface area contributed by atoms with Crippen LogP contribution in [0.1, 0.15) is 24.3 Å². The van der Waals surface area contributed by atoms with Gasteiger partial charge in [0.1, 0.15) is 5.82 Å². The number of aliphatic imine (C=N–C) groups is 1. The van der Waals surface area contributed by atoms with Crippen molar-refractivity contribution in [3.8, 4) is 0 Å². The van der Waals surface area contributed by atoms with Crippen LogP contribution in [0, 0.1) is 0 Å². The quantitative estimate of drug-likeness (QED) is 0.876. The van der Waals surface area contributed by atoms with Crippen LogP contribution in [0.3, 0.4) is 0 Å². The van der Waals surface area contributed by atoms with E-state index in [0.29, 0.717) is 0 Å². The van der Waals surface area contributed by atoms with E-state index in [9.17, 15) is 4.79 Å². The fraction of sp³-hybridized carbons (Fsp3) is 0.571. The van der Waals surface area contributed by atoms with Crippen molar-refractivity contribution in [2.45, 2.75) is 18.6 Å². The number of thioether (sulfide) groups is 1. The normalized spacial score (nSPS) is 20.9. The van der Waals surface area contributed by atoms with Gasteiger partial charge in [0.25, 0.3) is 0 Å². The Morgan fingerprint density at radius 3 is 2.36 bits per heavy atom. The van der Waals surface area contributed by atoms with Gasteiger partial charge in [-0.15, -0.1) is 0 Å². The molecule has 2 aliphatic heterocycles. The lowest BCUT2D eigenvalue weighted by atomic mass is 10.2. The van der Waals surface area contributed by atoms with E-state index >= 15 is 0 Å². The molecule has 1 aromatic heterocycles. The molecule has 118 valence electrons. The fourth-order valence-corrected chi connectivity index (χ4v) is 3.52. The number of rotatable bonds is 2. The number of amidine groups is 1. The molecule has 2 aliphatic rings. The van der Waals surface area contributed by atoms with E-state index in [1.54, 1.807) is 0 Å². The Hall–Kier alpha value is -1.83. The first-order valence-corrected chi connectivity index (χ1v) is 8.05. The number of piperazine rings is 1. The van der Waals surface area contributed by atoms with Gasteiger partial charge >= 0.3 is 5.97 Å². The van der Waals surface area contributed by atoms with Crippen molar-refractivity contribution in [2.75, 3.05) is 37.6 Å². The maximum Gasteiger partial charge on any atom is 0.356 e. The lowest BCUT2D eigenvalue weighted by molar-refractivity contribution is 0.0690. The van der Waals surface area contributed by atoms with E-state index in [1.807, 2.05) is 11.8 Å². The molecule has 1 fully saturated rings. The summed E-state index contributed by atoms with van der Waals surface area (Å²) >= 11 is 1.84. The lowest BCUT2D eigenvalue weighted by Crippen LogP contribution is -2.48. The van der Waals surface area contributed by atoms with Crippen LogP contribution in [-0.2, 0) is 0 Å². The first-order valence-electron chi connectivity index (χ1n) is 7.23. The molecule has 0 saturated carbocycles. The van der Waals surface area contributed by atoms with E-state index in [-0.39, 0.29) is 10.4 Å². The molecule has 0 unspecified atom stereocenters. The maximum absolute atomic E-state index is 10.8. The van der Waals surface area contributed by atoms with E-state index in [0.717, 1.165) is 43.7 Å². The number of hydrogen-bond donors (Lipinski definition) is 1. The molecule has 3 rings (SSSR count). The number of carbonyl (C=O) groups is 1. The SMILES string of the molecule is CC1(C)CN=C(N2CCN(c3cnc(C(=O)O)cn3)CC2)S1. The smallest absolute Gasteiger partial charge is 0.356 e. The summed E-state index contributed by atoms with van der Waals surface area (Å²) in [6.45, 7) is 8.75. The van der Waals surface area contributed by atoms with Gasteiger partial charge < -0.3 is 14.9 Å². The van der Waals surface area contributed by atoms with Crippen molar-refractivity contribution in [2.24, 2.45) is 4.99 Å². The van der Waals surface area contributed by atoms with E-state index in [2.05, 4.69) is 38.6 Å². The first-order chi connectivity index (χ1) is 10.4. The number of aromatic carboxylic acids is 1. The van der Waals surface area contributed by atoms with Gasteiger partial charge in [-0.2, -0.15) is 0 Å². The second-order valence-electron chi connectivity index (χ2n) is 6.00. The average Bonchev–Trinajstić information content (AvgIpc) is 2.88. The highest BCUT2D eigenvalue weighted by Crippen LogP contribution is 2.33. The average molecular weight is 321 g/mol. The molecule has 1 N–H and O–H groups in total. The van der Waals surface area contributed by atoms with Crippen LogP contribution in [0.25, 0.3) is 0 Å². The predicted molar refractivity (Wildman–Crippen MR) is 86.7 cm³/mol. The minimum Gasteiger partial charge on any atom is -0.476 e. The zero-order valence-corrected chi connectivity index (χ0v) is 13.5. The molecule has 0 atom stereocenters. The number of hydrogen-bond acceptors (Lipinski definition) is 7. The van der Waals surface area contributed by atoms with Crippen LogP contribution < -0.4 is 4.90 Å². The number of aromatic nitrogens is 2. The third-order valence-electron chi connectivity index (χ3n) is 3.69. The number of anilines is 1. The van der Waals surface area contributed by atoms with Crippen molar-refractivity contribution in [3.63, 3.8) is 0 Å². The van der Waals surface area contributed by atoms with E-state index < -0.39 is 5.97 Å². The summed E-state index contributed by atoms with van der Waals surface area (Å²) < 4.78 is 0.199. The fourth-order valence-electron chi connectivity index (χ4n) is 2.46. The Bertz CT molecular complexity index is 594. The number of nitrogens with zero attached hydrogens (tertiary/aromatic N) is 5. The van der Waals surface area contributed by atoms with Crippen LogP contribution in [0.15, 0.2) is 17.4 Å². The second-order valence-corrected chi connectivity index (χ2v) is 7.67. The highest BCUT2D eigenvalue weighted by molar-refractivity contribution is 8.15. The molecule has 0 radical (unpaired) electrons. The third kappa shape index (κ3) is 3.16. The summed E-state index contributed by atoms with van der Waals surface area (Å²) in [5, 5.41) is 9.98. The van der Waals surface area contributed by atoms with Crippen LogP contribution in [0.2, 0.25) is 0 Å². The van der Waals surface area contributed by atoms with Gasteiger partial charge in [-0.1, -0.05) is 11.8 Å². The molecule has 0 aliphatic carbocycles. The molecule has 0 spiro atoms. The third-order valence-corrected chi connectivity index (χ3v) is 4.95. The van der Waals surface area contributed by atoms with Crippen LogP contribution in [0.5, 0.6) is 0 Å². The van der Waals surface area contributed by atoms with Crippen molar-refractivity contribution in [1.82, 2.24) is 14.9 Å². The van der Waals surface area contributed by atoms with E-state index in [4.69, 9.17) is 5.11 Å². The highest BCUT2D eigenvalue weighted by atomic mass is 32.2. The molecule has 22 heavy (non-hydrogen) atoms. The van der Waals surface area contributed by atoms with Gasteiger partial charge in [0, 0.05) is 30.9 Å². The van der Waals surface area contributed by atoms with Crippen molar-refractivity contribution in [1.29, 1.82) is 0 Å². The molecule has 1 aromatic rings. The van der Waals surface area contributed by atoms with Crippen LogP contribution >= 0.6 is 11.8 Å². The summed E-state index contributed by atoms with van der Waals surface area (Å²) in [5.41, 5.74) is -0.0265. The standard InChI is InChI=1S/C14H19N5O2S/c1-14(2)9-17-13(22-14)19-5-3-18(4-6-19)11-8-15-10(7-16-11)12(20)21/h7-8H,3-6,9H2,1-2H3,(H,20,21). The van der Waals surface area contributed by atoms with Gasteiger partial charge in [0.15, 0.2) is 10.9 Å². The minimum absolute atomic E-state index is 0.0265. The second kappa shape index (κ2) is 5.75. The Balaban J connectivity index is 1.59. The Labute approximate surface area is 133 Å². The first kappa shape index (κ1) is 15.1. The molecule has 0 bridgehead atoms. The molecular weight excluding hydrogens is 302 g/mol. The zero-order valence-electron chi connectivity index (χ0n) is 12.7. The predicted octanol–water partition coefficient (Wildman–Crippen LogP) is 1.18. The summed E-state index contributed by atoms with van der Waals surface area (Å²) in [6.07, 6.45) is 2.84. The molecule has 0 amide bonds. The Morgan fingerprint density at radius 2 is 1.86 bits per heavy atom. The minimum atomic E-state index is -1.05. The molecular formula is C14H19N5O2S. The zero-order chi connectivity index (χ0) is 15.7. The van der Waals surface area contributed by atoms with Crippen LogP contribution in [0.4, 0.5) is 5.82 Å². The highest BCUT2D eigenvalue weighted by Gasteiger charge is 2.31. The molecule has 1 saturated heterocycles. The summed E-state index contributed by atoms with van der Waals surface area (Å²) in [5.74, 6) is -0.325. The summed E-state index contributed by atoms with van der Waals surface area (Å²) in [7, 11) is 0. The van der Waals surface area contributed by atoms with Crippen molar-refractivity contribution in [3.05, 3.63) is 18.1 Å². The summed E-state index contributed by atoms with van der Waals surface area (Å²) in [4.78, 5) is 28.0. The van der Waals surface area contributed by atoms with Gasteiger partial charge in [-0.25, -0.2) is 14.8 Å².